The second-order valence-corrected chi connectivity index (χ2v) is 9.07. The van der Waals surface area contributed by atoms with Gasteiger partial charge in [-0.05, 0) is 37.3 Å². The van der Waals surface area contributed by atoms with E-state index in [4.69, 9.17) is 9.47 Å². The third-order valence-corrected chi connectivity index (χ3v) is 6.77. The quantitative estimate of drug-likeness (QED) is 0.783. The van der Waals surface area contributed by atoms with Crippen LogP contribution in [0.2, 0.25) is 0 Å². The van der Waals surface area contributed by atoms with E-state index in [0.717, 1.165) is 17.2 Å². The van der Waals surface area contributed by atoms with E-state index < -0.39 is 7.92 Å². The summed E-state index contributed by atoms with van der Waals surface area (Å²) in [6.45, 7) is 6.79. The molecule has 2 heterocycles. The SMILES string of the molecule is COc1cccc2c1[P@@](C(C)(C)C)[C@@H](c1ccccn1)O2. The molecule has 0 unspecified atom stereocenters. The minimum absolute atomic E-state index is 0.00694. The molecule has 21 heavy (non-hydrogen) atoms. The van der Waals surface area contributed by atoms with Crippen molar-refractivity contribution in [3.8, 4) is 11.5 Å². The van der Waals surface area contributed by atoms with Crippen LogP contribution < -0.4 is 14.8 Å². The largest absolute Gasteiger partial charge is 0.496 e. The maximum atomic E-state index is 6.26. The molecule has 0 saturated carbocycles. The van der Waals surface area contributed by atoms with Gasteiger partial charge in [0.15, 0.2) is 5.85 Å². The van der Waals surface area contributed by atoms with Crippen LogP contribution in [0, 0.1) is 0 Å². The molecule has 1 aliphatic heterocycles. The predicted octanol–water partition coefficient (Wildman–Crippen LogP) is 4.09. The molecule has 0 spiro atoms. The van der Waals surface area contributed by atoms with Gasteiger partial charge in [0.1, 0.15) is 11.5 Å². The van der Waals surface area contributed by atoms with E-state index in [1.54, 1.807) is 7.11 Å². The van der Waals surface area contributed by atoms with Crippen molar-refractivity contribution in [1.29, 1.82) is 0 Å². The number of hydrogen-bond acceptors (Lipinski definition) is 3. The van der Waals surface area contributed by atoms with Gasteiger partial charge in [-0.3, -0.25) is 4.98 Å². The fourth-order valence-corrected chi connectivity index (χ4v) is 5.70. The summed E-state index contributed by atoms with van der Waals surface area (Å²) in [5.74, 6) is 1.85. The van der Waals surface area contributed by atoms with Gasteiger partial charge in [-0.15, -0.1) is 0 Å². The molecule has 0 amide bonds. The van der Waals surface area contributed by atoms with Crippen LogP contribution in [0.15, 0.2) is 42.6 Å². The average molecular weight is 301 g/mol. The Labute approximate surface area is 127 Å². The first-order valence-electron chi connectivity index (χ1n) is 7.06. The lowest BCUT2D eigenvalue weighted by Gasteiger charge is -2.31. The van der Waals surface area contributed by atoms with Gasteiger partial charge >= 0.3 is 0 Å². The Kier molecular flexibility index (Phi) is 3.62. The first kappa shape index (κ1) is 14.3. The lowest BCUT2D eigenvalue weighted by atomic mass is 10.3. The van der Waals surface area contributed by atoms with Crippen LogP contribution in [0.25, 0.3) is 0 Å². The molecule has 1 aromatic carbocycles. The molecule has 3 rings (SSSR count). The second-order valence-electron chi connectivity index (χ2n) is 6.07. The van der Waals surface area contributed by atoms with Gasteiger partial charge in [-0.2, -0.15) is 0 Å². The molecule has 2 atom stereocenters. The van der Waals surface area contributed by atoms with Crippen LogP contribution in [0.1, 0.15) is 32.3 Å². The van der Waals surface area contributed by atoms with Gasteiger partial charge in [0, 0.05) is 6.20 Å². The number of ether oxygens (including phenoxy) is 2. The van der Waals surface area contributed by atoms with Crippen LogP contribution >= 0.6 is 7.92 Å². The molecule has 1 aromatic heterocycles. The fourth-order valence-electron chi connectivity index (χ4n) is 2.69. The van der Waals surface area contributed by atoms with Gasteiger partial charge < -0.3 is 9.47 Å². The second kappa shape index (κ2) is 5.31. The van der Waals surface area contributed by atoms with Gasteiger partial charge in [-0.25, -0.2) is 0 Å². The van der Waals surface area contributed by atoms with E-state index in [9.17, 15) is 0 Å². The van der Waals surface area contributed by atoms with Crippen molar-refractivity contribution in [1.82, 2.24) is 4.98 Å². The van der Waals surface area contributed by atoms with Crippen LogP contribution in [0.4, 0.5) is 0 Å². The van der Waals surface area contributed by atoms with Crippen molar-refractivity contribution in [3.05, 3.63) is 48.3 Å². The van der Waals surface area contributed by atoms with Gasteiger partial charge in [0.05, 0.1) is 18.1 Å². The Morgan fingerprint density at radius 1 is 1.14 bits per heavy atom. The summed E-state index contributed by atoms with van der Waals surface area (Å²) >= 11 is 0. The smallest absolute Gasteiger partial charge is 0.163 e. The Bertz CT molecular complexity index is 637. The van der Waals surface area contributed by atoms with Gasteiger partial charge in [-0.1, -0.05) is 32.9 Å². The molecule has 2 aromatic rings. The van der Waals surface area contributed by atoms with E-state index in [2.05, 4.69) is 25.8 Å². The maximum Gasteiger partial charge on any atom is 0.163 e. The molecule has 4 heteroatoms. The topological polar surface area (TPSA) is 31.4 Å². The fraction of sp³-hybridized carbons (Fsp3) is 0.353. The Hall–Kier alpha value is -1.60. The molecule has 1 aliphatic rings. The zero-order chi connectivity index (χ0) is 15.0. The highest BCUT2D eigenvalue weighted by Gasteiger charge is 2.44. The van der Waals surface area contributed by atoms with E-state index in [1.165, 1.54) is 5.30 Å². The predicted molar refractivity (Wildman–Crippen MR) is 86.9 cm³/mol. The molecule has 110 valence electrons. The van der Waals surface area contributed by atoms with Crippen molar-refractivity contribution in [3.63, 3.8) is 0 Å². The van der Waals surface area contributed by atoms with Crippen molar-refractivity contribution < 1.29 is 9.47 Å². The van der Waals surface area contributed by atoms with Crippen molar-refractivity contribution >= 4 is 13.2 Å². The minimum Gasteiger partial charge on any atom is -0.496 e. The number of methoxy groups -OCH3 is 1. The number of pyridine rings is 1. The zero-order valence-electron chi connectivity index (χ0n) is 12.8. The monoisotopic (exact) mass is 301 g/mol. The highest BCUT2D eigenvalue weighted by atomic mass is 31.1. The lowest BCUT2D eigenvalue weighted by molar-refractivity contribution is 0.294. The first-order chi connectivity index (χ1) is 10.0. The van der Waals surface area contributed by atoms with E-state index in [-0.39, 0.29) is 11.0 Å². The third-order valence-electron chi connectivity index (χ3n) is 3.56. The maximum absolute atomic E-state index is 6.26. The van der Waals surface area contributed by atoms with E-state index >= 15 is 0 Å². The highest BCUT2D eigenvalue weighted by Crippen LogP contribution is 2.65. The number of benzene rings is 1. The average Bonchev–Trinajstić information content (AvgIpc) is 2.87. The molecule has 0 bridgehead atoms. The van der Waals surface area contributed by atoms with Gasteiger partial charge in [0.25, 0.3) is 0 Å². The molecule has 0 N–H and O–H groups in total. The molecular formula is C17H20NO2P. The summed E-state index contributed by atoms with van der Waals surface area (Å²) in [7, 11) is 1.14. The third kappa shape index (κ3) is 2.51. The Morgan fingerprint density at radius 3 is 2.57 bits per heavy atom. The molecule has 3 nitrogen and oxygen atoms in total. The summed E-state index contributed by atoms with van der Waals surface area (Å²) in [5.41, 5.74) is 0.997. The molecule has 0 saturated heterocycles. The Morgan fingerprint density at radius 2 is 1.95 bits per heavy atom. The number of rotatable bonds is 2. The highest BCUT2D eigenvalue weighted by molar-refractivity contribution is 7.68. The standard InChI is InChI=1S/C17H20NO2P/c1-17(2,3)21-15-13(19-4)9-7-10-14(15)20-16(21)12-8-5-6-11-18-12/h5-11,16H,1-4H3/t16-,21+/m0/s1. The molecule has 0 aliphatic carbocycles. The summed E-state index contributed by atoms with van der Waals surface area (Å²) in [6, 6.07) is 12.0. The van der Waals surface area contributed by atoms with Crippen molar-refractivity contribution in [2.24, 2.45) is 0 Å². The number of nitrogens with zero attached hydrogens (tertiary/aromatic N) is 1. The summed E-state index contributed by atoms with van der Waals surface area (Å²) in [5, 5.41) is 1.33. The number of fused-ring (bicyclic) bond motifs is 1. The van der Waals surface area contributed by atoms with Crippen LogP contribution in [-0.2, 0) is 0 Å². The van der Waals surface area contributed by atoms with E-state index in [1.807, 2.05) is 42.6 Å². The molecule has 0 radical (unpaired) electrons. The van der Waals surface area contributed by atoms with Crippen LogP contribution in [0.5, 0.6) is 11.5 Å². The molecular weight excluding hydrogens is 281 g/mol. The minimum atomic E-state index is -0.578. The van der Waals surface area contributed by atoms with Crippen LogP contribution in [0.3, 0.4) is 0 Å². The molecule has 0 fully saturated rings. The Balaban J connectivity index is 2.14. The summed E-state index contributed by atoms with van der Waals surface area (Å²) in [4.78, 5) is 4.51. The lowest BCUT2D eigenvalue weighted by Crippen LogP contribution is -2.21. The summed E-state index contributed by atoms with van der Waals surface area (Å²) < 4.78 is 11.8. The van der Waals surface area contributed by atoms with Gasteiger partial charge in [0.2, 0.25) is 0 Å². The van der Waals surface area contributed by atoms with Crippen LogP contribution in [-0.4, -0.2) is 17.2 Å². The normalized spacial score (nSPS) is 20.8. The number of aromatic nitrogens is 1. The zero-order valence-corrected chi connectivity index (χ0v) is 13.7. The first-order valence-corrected chi connectivity index (χ1v) is 8.47. The summed E-state index contributed by atoms with van der Waals surface area (Å²) in [6.07, 6.45) is 1.83. The van der Waals surface area contributed by atoms with Crippen molar-refractivity contribution in [2.75, 3.05) is 7.11 Å². The van der Waals surface area contributed by atoms with Crippen molar-refractivity contribution in [2.45, 2.75) is 31.8 Å². The number of hydrogen-bond donors (Lipinski definition) is 0. The van der Waals surface area contributed by atoms with E-state index in [0.29, 0.717) is 0 Å².